The molecule has 6 rings (SSSR count). The van der Waals surface area contributed by atoms with Gasteiger partial charge in [-0.2, -0.15) is 0 Å². The minimum Gasteiger partial charge on any atom is -0.489 e. The monoisotopic (exact) mass is 578 g/mol. The number of halogens is 2. The fourth-order valence-electron chi connectivity index (χ4n) is 5.30. The second-order valence-electron chi connectivity index (χ2n) is 10.8. The van der Waals surface area contributed by atoms with E-state index in [1.807, 2.05) is 38.1 Å². The molecule has 4 aromatic rings. The SMILES string of the molecule is CC1(C)C(=O)N(Cc2cccc(C(O)O)c2)c2ccc(OCc3c(-c4c(Cl)cccc4Cl)noc3C3CC3)cc21. The van der Waals surface area contributed by atoms with Crippen molar-refractivity contribution in [3.63, 3.8) is 0 Å². The topological polar surface area (TPSA) is 96.0 Å². The molecule has 1 saturated carbocycles. The summed E-state index contributed by atoms with van der Waals surface area (Å²) in [5.74, 6) is 1.67. The first-order valence-corrected chi connectivity index (χ1v) is 13.9. The molecule has 2 aliphatic rings. The largest absolute Gasteiger partial charge is 0.489 e. The summed E-state index contributed by atoms with van der Waals surface area (Å²) in [5.41, 5.74) is 4.08. The Morgan fingerprint density at radius 3 is 2.50 bits per heavy atom. The van der Waals surface area contributed by atoms with Crippen LogP contribution in [0.15, 0.2) is 65.2 Å². The van der Waals surface area contributed by atoms with Gasteiger partial charge in [0, 0.05) is 22.7 Å². The van der Waals surface area contributed by atoms with Crippen LogP contribution in [0.4, 0.5) is 5.69 Å². The third-order valence-electron chi connectivity index (χ3n) is 7.65. The third kappa shape index (κ3) is 4.77. The molecule has 9 heteroatoms. The van der Waals surface area contributed by atoms with Crippen LogP contribution in [0.2, 0.25) is 10.0 Å². The number of carbonyl (C=O) groups excluding carboxylic acids is 1. The molecular formula is C31H28Cl2N2O5. The number of hydrogen-bond acceptors (Lipinski definition) is 6. The molecule has 1 aromatic heterocycles. The van der Waals surface area contributed by atoms with Crippen LogP contribution in [0, 0.1) is 0 Å². The first kappa shape index (κ1) is 26.8. The van der Waals surface area contributed by atoms with Gasteiger partial charge in [0.15, 0.2) is 6.29 Å². The number of benzene rings is 3. The molecule has 40 heavy (non-hydrogen) atoms. The van der Waals surface area contributed by atoms with Gasteiger partial charge in [-0.05, 0) is 74.2 Å². The van der Waals surface area contributed by atoms with Gasteiger partial charge in [-0.3, -0.25) is 4.79 Å². The fourth-order valence-corrected chi connectivity index (χ4v) is 5.87. The molecule has 1 aliphatic carbocycles. The van der Waals surface area contributed by atoms with Gasteiger partial charge in [0.2, 0.25) is 5.91 Å². The normalized spacial score (nSPS) is 16.1. The molecule has 0 saturated heterocycles. The molecule has 3 aromatic carbocycles. The molecule has 0 spiro atoms. The van der Waals surface area contributed by atoms with Gasteiger partial charge in [0.1, 0.15) is 23.8 Å². The van der Waals surface area contributed by atoms with Crippen molar-refractivity contribution in [3.05, 3.63) is 98.7 Å². The third-order valence-corrected chi connectivity index (χ3v) is 8.28. The first-order chi connectivity index (χ1) is 19.1. The van der Waals surface area contributed by atoms with Crippen LogP contribution in [0.1, 0.15) is 66.9 Å². The van der Waals surface area contributed by atoms with Crippen LogP contribution >= 0.6 is 23.2 Å². The summed E-state index contributed by atoms with van der Waals surface area (Å²) in [4.78, 5) is 15.2. The van der Waals surface area contributed by atoms with Gasteiger partial charge < -0.3 is 24.4 Å². The molecule has 1 fully saturated rings. The van der Waals surface area contributed by atoms with Crippen LogP contribution in [0.3, 0.4) is 0 Å². The first-order valence-electron chi connectivity index (χ1n) is 13.1. The highest BCUT2D eigenvalue weighted by molar-refractivity contribution is 6.39. The average molecular weight is 579 g/mol. The molecule has 1 aliphatic heterocycles. The molecule has 0 radical (unpaired) electrons. The van der Waals surface area contributed by atoms with Crippen molar-refractivity contribution in [1.29, 1.82) is 0 Å². The lowest BCUT2D eigenvalue weighted by molar-refractivity contribution is -0.122. The molecule has 1 amide bonds. The number of amides is 1. The smallest absolute Gasteiger partial charge is 0.237 e. The fraction of sp³-hybridized carbons (Fsp3) is 0.290. The number of rotatable bonds is 8. The highest BCUT2D eigenvalue weighted by atomic mass is 35.5. The minimum atomic E-state index is -1.57. The molecule has 0 bridgehead atoms. The molecular weight excluding hydrogens is 551 g/mol. The van der Waals surface area contributed by atoms with Crippen LogP contribution in [0.5, 0.6) is 5.75 Å². The minimum absolute atomic E-state index is 0.0414. The Hall–Kier alpha value is -3.36. The average Bonchev–Trinajstić information content (AvgIpc) is 3.66. The van der Waals surface area contributed by atoms with Crippen LogP contribution in [-0.2, 0) is 23.4 Å². The number of aromatic nitrogens is 1. The van der Waals surface area contributed by atoms with Crippen molar-refractivity contribution in [3.8, 4) is 17.0 Å². The van der Waals surface area contributed by atoms with E-state index in [0.29, 0.717) is 45.1 Å². The quantitative estimate of drug-likeness (QED) is 0.220. The number of ether oxygens (including phenoxy) is 1. The zero-order valence-corrected chi connectivity index (χ0v) is 23.5. The second-order valence-corrected chi connectivity index (χ2v) is 11.7. The number of aliphatic hydroxyl groups excluding tert-OH is 1. The Labute approximate surface area is 241 Å². The van der Waals surface area contributed by atoms with Crippen molar-refractivity contribution in [1.82, 2.24) is 5.16 Å². The van der Waals surface area contributed by atoms with E-state index >= 15 is 0 Å². The predicted molar refractivity (Wildman–Crippen MR) is 153 cm³/mol. The lowest BCUT2D eigenvalue weighted by atomic mass is 9.86. The number of anilines is 1. The summed E-state index contributed by atoms with van der Waals surface area (Å²) in [6.07, 6.45) is 0.490. The number of nitrogens with zero attached hydrogens (tertiary/aromatic N) is 2. The van der Waals surface area contributed by atoms with Gasteiger partial charge in [0.25, 0.3) is 0 Å². The van der Waals surface area contributed by atoms with E-state index in [0.717, 1.165) is 41.0 Å². The van der Waals surface area contributed by atoms with Crippen molar-refractivity contribution in [2.75, 3.05) is 4.90 Å². The Morgan fingerprint density at radius 1 is 1.07 bits per heavy atom. The summed E-state index contributed by atoms with van der Waals surface area (Å²) < 4.78 is 12.0. The lowest BCUT2D eigenvalue weighted by Crippen LogP contribution is -2.35. The van der Waals surface area contributed by atoms with Gasteiger partial charge in [-0.1, -0.05) is 52.6 Å². The van der Waals surface area contributed by atoms with Gasteiger partial charge in [0.05, 0.1) is 27.6 Å². The van der Waals surface area contributed by atoms with E-state index in [9.17, 15) is 15.0 Å². The van der Waals surface area contributed by atoms with E-state index in [1.165, 1.54) is 0 Å². The summed E-state index contributed by atoms with van der Waals surface area (Å²) in [5, 5.41) is 24.4. The zero-order valence-electron chi connectivity index (χ0n) is 22.0. The van der Waals surface area contributed by atoms with Crippen molar-refractivity contribution < 1.29 is 24.3 Å². The number of carbonyl (C=O) groups is 1. The molecule has 0 atom stereocenters. The summed E-state index contributed by atoms with van der Waals surface area (Å²) in [6.45, 7) is 4.31. The Bertz CT molecular complexity index is 1590. The molecule has 7 nitrogen and oxygen atoms in total. The zero-order chi connectivity index (χ0) is 28.2. The van der Waals surface area contributed by atoms with E-state index in [1.54, 1.807) is 41.3 Å². The van der Waals surface area contributed by atoms with Gasteiger partial charge >= 0.3 is 0 Å². The maximum Gasteiger partial charge on any atom is 0.237 e. The number of hydrogen-bond donors (Lipinski definition) is 2. The lowest BCUT2D eigenvalue weighted by Gasteiger charge is -2.21. The second kappa shape index (κ2) is 10.2. The van der Waals surface area contributed by atoms with Gasteiger partial charge in [-0.25, -0.2) is 0 Å². The number of fused-ring (bicyclic) bond motifs is 1. The van der Waals surface area contributed by atoms with Crippen molar-refractivity contribution in [2.45, 2.75) is 57.5 Å². The van der Waals surface area contributed by atoms with E-state index in [-0.39, 0.29) is 12.5 Å². The maximum absolute atomic E-state index is 13.5. The maximum atomic E-state index is 13.5. The van der Waals surface area contributed by atoms with E-state index in [2.05, 4.69) is 5.16 Å². The van der Waals surface area contributed by atoms with Crippen LogP contribution < -0.4 is 9.64 Å². The summed E-state index contributed by atoms with van der Waals surface area (Å²) in [7, 11) is 0. The van der Waals surface area contributed by atoms with Gasteiger partial charge in [-0.15, -0.1) is 0 Å². The number of aliphatic hydroxyl groups is 2. The molecule has 0 unspecified atom stereocenters. The standard InChI is InChI=1S/C31H28Cl2N2O5/c1-31(2)22-14-20(11-12-25(22)35(30(31)38)15-17-5-3-6-19(13-17)29(36)37)39-16-21-27(34-40-28(21)18-9-10-18)26-23(32)7-4-8-24(26)33/h3-8,11-14,18,29,36-37H,9-10,15-16H2,1-2H3. The van der Waals surface area contributed by atoms with Crippen LogP contribution in [0.25, 0.3) is 11.3 Å². The van der Waals surface area contributed by atoms with Crippen molar-refractivity contribution >= 4 is 34.8 Å². The molecule has 2 N–H and O–H groups in total. The summed E-state index contributed by atoms with van der Waals surface area (Å²) in [6, 6.07) is 17.9. The molecule has 206 valence electrons. The Kier molecular flexibility index (Phi) is 6.87. The van der Waals surface area contributed by atoms with E-state index in [4.69, 9.17) is 32.5 Å². The van der Waals surface area contributed by atoms with Crippen molar-refractivity contribution in [2.24, 2.45) is 0 Å². The predicted octanol–water partition coefficient (Wildman–Crippen LogP) is 6.91. The Balaban J connectivity index is 1.29. The Morgan fingerprint density at radius 2 is 1.80 bits per heavy atom. The highest BCUT2D eigenvalue weighted by Crippen LogP contribution is 2.47. The summed E-state index contributed by atoms with van der Waals surface area (Å²) >= 11 is 13.0. The highest BCUT2D eigenvalue weighted by Gasteiger charge is 2.44. The van der Waals surface area contributed by atoms with Crippen LogP contribution in [-0.4, -0.2) is 21.3 Å². The van der Waals surface area contributed by atoms with E-state index < -0.39 is 11.7 Å². The molecule has 2 heterocycles.